The number of benzene rings is 2. The minimum absolute atomic E-state index is 0.0428. The lowest BCUT2D eigenvalue weighted by Crippen LogP contribution is -2.37. The SMILES string of the molecule is N#Cc1cccc(COc2nc3c(s2)C(=O)N(c2ccc(F)cc2F)CC3)c1. The van der Waals surface area contributed by atoms with Gasteiger partial charge in [-0.1, -0.05) is 23.5 Å². The molecule has 28 heavy (non-hydrogen) atoms. The number of nitriles is 1. The van der Waals surface area contributed by atoms with Crippen LogP contribution in [0.2, 0.25) is 0 Å². The van der Waals surface area contributed by atoms with Crippen molar-refractivity contribution in [2.45, 2.75) is 13.0 Å². The van der Waals surface area contributed by atoms with Gasteiger partial charge in [0, 0.05) is 19.0 Å². The van der Waals surface area contributed by atoms with Crippen LogP contribution >= 0.6 is 11.3 Å². The van der Waals surface area contributed by atoms with Crippen molar-refractivity contribution in [3.63, 3.8) is 0 Å². The van der Waals surface area contributed by atoms with Crippen LogP contribution in [0.25, 0.3) is 0 Å². The number of ether oxygens (including phenoxy) is 1. The molecule has 0 N–H and O–H groups in total. The van der Waals surface area contributed by atoms with E-state index in [0.717, 1.165) is 29.0 Å². The highest BCUT2D eigenvalue weighted by Gasteiger charge is 2.31. The Balaban J connectivity index is 1.52. The summed E-state index contributed by atoms with van der Waals surface area (Å²) in [6.45, 7) is 0.466. The molecular formula is C20H13F2N3O2S. The van der Waals surface area contributed by atoms with Crippen molar-refractivity contribution in [1.82, 2.24) is 4.98 Å². The first-order valence-electron chi connectivity index (χ1n) is 8.43. The fraction of sp³-hybridized carbons (Fsp3) is 0.150. The topological polar surface area (TPSA) is 66.2 Å². The Morgan fingerprint density at radius 2 is 2.11 bits per heavy atom. The third-order valence-electron chi connectivity index (χ3n) is 4.31. The van der Waals surface area contributed by atoms with E-state index in [1.807, 2.05) is 6.07 Å². The zero-order valence-corrected chi connectivity index (χ0v) is 15.3. The summed E-state index contributed by atoms with van der Waals surface area (Å²) in [7, 11) is 0. The number of rotatable bonds is 4. The van der Waals surface area contributed by atoms with E-state index in [9.17, 15) is 13.6 Å². The molecule has 0 fully saturated rings. The average molecular weight is 397 g/mol. The van der Waals surface area contributed by atoms with Gasteiger partial charge in [-0.25, -0.2) is 13.8 Å². The fourth-order valence-electron chi connectivity index (χ4n) is 2.98. The van der Waals surface area contributed by atoms with Gasteiger partial charge in [0.25, 0.3) is 11.1 Å². The summed E-state index contributed by atoms with van der Waals surface area (Å²) in [5, 5.41) is 9.29. The van der Waals surface area contributed by atoms with E-state index in [1.54, 1.807) is 18.2 Å². The fourth-order valence-corrected chi connectivity index (χ4v) is 3.89. The molecule has 1 aromatic heterocycles. The number of nitrogens with zero attached hydrogens (tertiary/aromatic N) is 3. The Labute approximate surface area is 163 Å². The van der Waals surface area contributed by atoms with Gasteiger partial charge in [0.2, 0.25) is 0 Å². The number of amides is 1. The molecule has 4 rings (SSSR count). The molecule has 0 saturated carbocycles. The lowest BCUT2D eigenvalue weighted by molar-refractivity contribution is 0.0983. The molecule has 0 atom stereocenters. The van der Waals surface area contributed by atoms with Gasteiger partial charge in [-0.05, 0) is 29.8 Å². The highest BCUT2D eigenvalue weighted by molar-refractivity contribution is 7.15. The van der Waals surface area contributed by atoms with E-state index in [-0.39, 0.29) is 24.7 Å². The third-order valence-corrected chi connectivity index (χ3v) is 5.31. The average Bonchev–Trinajstić information content (AvgIpc) is 3.12. The van der Waals surface area contributed by atoms with Gasteiger partial charge in [-0.2, -0.15) is 5.26 Å². The van der Waals surface area contributed by atoms with Crippen molar-refractivity contribution >= 4 is 22.9 Å². The highest BCUT2D eigenvalue weighted by atomic mass is 32.1. The predicted octanol–water partition coefficient (Wildman–Crippen LogP) is 4.07. The van der Waals surface area contributed by atoms with Gasteiger partial charge < -0.3 is 9.64 Å². The Hall–Kier alpha value is -3.31. The smallest absolute Gasteiger partial charge is 0.274 e. The Kier molecular flexibility index (Phi) is 4.75. The van der Waals surface area contributed by atoms with Gasteiger partial charge in [-0.3, -0.25) is 4.79 Å². The number of carbonyl (C=O) groups excluding carboxylic acids is 1. The molecule has 0 unspecified atom stereocenters. The number of aromatic nitrogens is 1. The molecular weight excluding hydrogens is 384 g/mol. The summed E-state index contributed by atoms with van der Waals surface area (Å²) in [5.41, 5.74) is 2.00. The zero-order valence-electron chi connectivity index (χ0n) is 14.5. The van der Waals surface area contributed by atoms with E-state index < -0.39 is 11.6 Å². The van der Waals surface area contributed by atoms with Crippen LogP contribution in [0, 0.1) is 23.0 Å². The van der Waals surface area contributed by atoms with Crippen LogP contribution in [0.3, 0.4) is 0 Å². The number of anilines is 1. The highest BCUT2D eigenvalue weighted by Crippen LogP contribution is 2.33. The standard InChI is InChI=1S/C20H13F2N3O2S/c21-14-4-5-17(15(22)9-14)25-7-6-16-18(19(25)26)28-20(24-16)27-11-13-3-1-2-12(8-13)10-23/h1-5,8-9H,6-7,11H2. The van der Waals surface area contributed by atoms with Crippen LogP contribution in [0.15, 0.2) is 42.5 Å². The monoisotopic (exact) mass is 397 g/mol. The lowest BCUT2D eigenvalue weighted by Gasteiger charge is -2.26. The van der Waals surface area contributed by atoms with Gasteiger partial charge in [-0.15, -0.1) is 0 Å². The number of fused-ring (bicyclic) bond motifs is 1. The van der Waals surface area contributed by atoms with Crippen molar-refractivity contribution in [3.8, 4) is 11.3 Å². The van der Waals surface area contributed by atoms with Crippen molar-refractivity contribution in [2.24, 2.45) is 0 Å². The normalized spacial score (nSPS) is 13.2. The second kappa shape index (κ2) is 7.37. The molecule has 2 aromatic carbocycles. The molecule has 1 amide bonds. The van der Waals surface area contributed by atoms with Gasteiger partial charge in [0.05, 0.1) is 23.0 Å². The molecule has 2 heterocycles. The van der Waals surface area contributed by atoms with Crippen LogP contribution in [-0.4, -0.2) is 17.4 Å². The summed E-state index contributed by atoms with van der Waals surface area (Å²) in [5.74, 6) is -1.86. The Bertz CT molecular complexity index is 1110. The van der Waals surface area contributed by atoms with Gasteiger partial charge in [0.15, 0.2) is 0 Å². The number of hydrogen-bond acceptors (Lipinski definition) is 5. The lowest BCUT2D eigenvalue weighted by atomic mass is 10.1. The molecule has 0 radical (unpaired) electrons. The maximum Gasteiger partial charge on any atom is 0.274 e. The maximum absolute atomic E-state index is 14.1. The van der Waals surface area contributed by atoms with Gasteiger partial charge >= 0.3 is 0 Å². The van der Waals surface area contributed by atoms with E-state index in [0.29, 0.717) is 27.7 Å². The minimum Gasteiger partial charge on any atom is -0.465 e. The maximum atomic E-state index is 14.1. The zero-order chi connectivity index (χ0) is 19.7. The largest absolute Gasteiger partial charge is 0.465 e. The Morgan fingerprint density at radius 3 is 2.89 bits per heavy atom. The molecule has 5 nitrogen and oxygen atoms in total. The minimum atomic E-state index is -0.782. The molecule has 1 aliphatic rings. The summed E-state index contributed by atoms with van der Waals surface area (Å²) >= 11 is 1.09. The third kappa shape index (κ3) is 3.44. The van der Waals surface area contributed by atoms with Crippen LogP contribution in [0.5, 0.6) is 5.19 Å². The summed E-state index contributed by atoms with van der Waals surface area (Å²) < 4.78 is 32.9. The quantitative estimate of drug-likeness (QED) is 0.666. The molecule has 0 aliphatic carbocycles. The summed E-state index contributed by atoms with van der Waals surface area (Å²) in [4.78, 5) is 18.8. The van der Waals surface area contributed by atoms with Crippen molar-refractivity contribution in [1.29, 1.82) is 5.26 Å². The first-order chi connectivity index (χ1) is 13.5. The van der Waals surface area contributed by atoms with Crippen molar-refractivity contribution < 1.29 is 18.3 Å². The van der Waals surface area contributed by atoms with Crippen molar-refractivity contribution in [3.05, 3.63) is 75.8 Å². The molecule has 3 aromatic rings. The van der Waals surface area contributed by atoms with Crippen LogP contribution in [0.1, 0.15) is 26.5 Å². The predicted molar refractivity (Wildman–Crippen MR) is 99.3 cm³/mol. The molecule has 140 valence electrons. The number of thiazole rings is 1. The molecule has 0 bridgehead atoms. The second-order valence-electron chi connectivity index (χ2n) is 6.16. The molecule has 0 saturated heterocycles. The van der Waals surface area contributed by atoms with Crippen molar-refractivity contribution in [2.75, 3.05) is 11.4 Å². The number of carbonyl (C=O) groups is 1. The van der Waals surface area contributed by atoms with E-state index >= 15 is 0 Å². The van der Waals surface area contributed by atoms with Crippen LogP contribution < -0.4 is 9.64 Å². The molecule has 1 aliphatic heterocycles. The molecule has 8 heteroatoms. The molecule has 0 spiro atoms. The van der Waals surface area contributed by atoms with E-state index in [1.165, 1.54) is 11.0 Å². The first kappa shape index (κ1) is 18.1. The van der Waals surface area contributed by atoms with Gasteiger partial charge in [0.1, 0.15) is 23.1 Å². The Morgan fingerprint density at radius 1 is 1.25 bits per heavy atom. The van der Waals surface area contributed by atoms with Crippen LogP contribution in [0.4, 0.5) is 14.5 Å². The van der Waals surface area contributed by atoms with E-state index in [4.69, 9.17) is 10.00 Å². The summed E-state index contributed by atoms with van der Waals surface area (Å²) in [6.07, 6.45) is 0.446. The first-order valence-corrected chi connectivity index (χ1v) is 9.25. The number of hydrogen-bond donors (Lipinski definition) is 0. The summed E-state index contributed by atoms with van der Waals surface area (Å²) in [6, 6.07) is 12.2. The van der Waals surface area contributed by atoms with E-state index in [2.05, 4.69) is 11.1 Å². The second-order valence-corrected chi connectivity index (χ2v) is 7.12. The number of halogens is 2. The van der Waals surface area contributed by atoms with Crippen LogP contribution in [-0.2, 0) is 13.0 Å².